The van der Waals surface area contributed by atoms with Crippen LogP contribution in [0.4, 0.5) is 5.69 Å². The molecule has 7 heteroatoms. The summed E-state index contributed by atoms with van der Waals surface area (Å²) in [6, 6.07) is 14.0. The van der Waals surface area contributed by atoms with Gasteiger partial charge in [-0.3, -0.25) is 19.0 Å². The number of Topliss-reactive ketones (excluding diaryl/α,β-unsaturated/α-hetero) is 1. The topological polar surface area (TPSA) is 94.2 Å². The van der Waals surface area contributed by atoms with Gasteiger partial charge in [0, 0.05) is 29.6 Å². The molecule has 0 fully saturated rings. The standard InChI is InChI=1S/C21H17N3O4/c1-13(25)14-6-8-15(9-7-14)23-18(26)10-11-24-12-22-19-16-4-2-3-5-17(16)28-20(19)21(24)27/h2-9,12H,10-11H2,1H3,(H,23,26). The molecule has 140 valence electrons. The van der Waals surface area contributed by atoms with E-state index in [4.69, 9.17) is 4.42 Å². The van der Waals surface area contributed by atoms with Crippen molar-refractivity contribution in [2.24, 2.45) is 0 Å². The Bertz CT molecular complexity index is 1250. The van der Waals surface area contributed by atoms with E-state index in [0.29, 0.717) is 22.4 Å². The molecule has 1 amide bonds. The number of hydrogen-bond donors (Lipinski definition) is 1. The summed E-state index contributed by atoms with van der Waals surface area (Å²) in [6.45, 7) is 1.66. The molecule has 0 atom stereocenters. The maximum atomic E-state index is 12.6. The average molecular weight is 375 g/mol. The first-order valence-corrected chi connectivity index (χ1v) is 8.80. The van der Waals surface area contributed by atoms with E-state index in [0.717, 1.165) is 5.39 Å². The van der Waals surface area contributed by atoms with Gasteiger partial charge in [0.15, 0.2) is 5.78 Å². The number of fused-ring (bicyclic) bond motifs is 3. The Morgan fingerprint density at radius 1 is 1.11 bits per heavy atom. The number of furan rings is 1. The van der Waals surface area contributed by atoms with E-state index in [1.807, 2.05) is 18.2 Å². The third kappa shape index (κ3) is 3.29. The Kier molecular flexibility index (Phi) is 4.49. The molecule has 0 aliphatic carbocycles. The fourth-order valence-electron chi connectivity index (χ4n) is 3.01. The molecule has 1 N–H and O–H groups in total. The second-order valence-corrected chi connectivity index (χ2v) is 6.45. The van der Waals surface area contributed by atoms with Crippen LogP contribution in [0.1, 0.15) is 23.7 Å². The minimum absolute atomic E-state index is 0.0364. The number of benzene rings is 2. The van der Waals surface area contributed by atoms with E-state index in [2.05, 4.69) is 10.3 Å². The molecule has 7 nitrogen and oxygen atoms in total. The summed E-state index contributed by atoms with van der Waals surface area (Å²) in [5.74, 6) is -0.280. The Labute approximate surface area is 159 Å². The molecule has 28 heavy (non-hydrogen) atoms. The molecule has 2 aromatic carbocycles. The van der Waals surface area contributed by atoms with E-state index in [9.17, 15) is 14.4 Å². The number of anilines is 1. The van der Waals surface area contributed by atoms with Crippen LogP contribution in [-0.2, 0) is 11.3 Å². The van der Waals surface area contributed by atoms with Crippen LogP contribution in [0.5, 0.6) is 0 Å². The molecule has 4 rings (SSSR count). The molecule has 0 bridgehead atoms. The molecule has 0 unspecified atom stereocenters. The molecule has 0 radical (unpaired) electrons. The lowest BCUT2D eigenvalue weighted by atomic mass is 10.1. The van der Waals surface area contributed by atoms with E-state index >= 15 is 0 Å². The molecule has 0 aliphatic heterocycles. The van der Waals surface area contributed by atoms with Crippen LogP contribution in [0.25, 0.3) is 22.1 Å². The van der Waals surface area contributed by atoms with Crippen LogP contribution in [-0.4, -0.2) is 21.2 Å². The second-order valence-electron chi connectivity index (χ2n) is 6.45. The number of ketones is 1. The predicted octanol–water partition coefficient (Wildman–Crippen LogP) is 3.37. The first kappa shape index (κ1) is 17.7. The van der Waals surface area contributed by atoms with Crippen molar-refractivity contribution in [3.63, 3.8) is 0 Å². The van der Waals surface area contributed by atoms with Crippen LogP contribution in [0.2, 0.25) is 0 Å². The summed E-state index contributed by atoms with van der Waals surface area (Å²) in [5, 5.41) is 3.53. The molecular weight excluding hydrogens is 358 g/mol. The number of para-hydroxylation sites is 1. The van der Waals surface area contributed by atoms with E-state index < -0.39 is 0 Å². The number of hydrogen-bond acceptors (Lipinski definition) is 5. The largest absolute Gasteiger partial charge is 0.448 e. The van der Waals surface area contributed by atoms with Gasteiger partial charge in [-0.1, -0.05) is 12.1 Å². The van der Waals surface area contributed by atoms with E-state index in [1.54, 1.807) is 30.3 Å². The Morgan fingerprint density at radius 3 is 2.61 bits per heavy atom. The van der Waals surface area contributed by atoms with Crippen molar-refractivity contribution in [3.05, 3.63) is 70.8 Å². The highest BCUT2D eigenvalue weighted by molar-refractivity contribution is 6.01. The first-order valence-electron chi connectivity index (χ1n) is 8.80. The van der Waals surface area contributed by atoms with Crippen LogP contribution < -0.4 is 10.9 Å². The highest BCUT2D eigenvalue weighted by Crippen LogP contribution is 2.24. The lowest BCUT2D eigenvalue weighted by Crippen LogP contribution is -2.23. The summed E-state index contributed by atoms with van der Waals surface area (Å²) >= 11 is 0. The monoisotopic (exact) mass is 375 g/mol. The van der Waals surface area contributed by atoms with Gasteiger partial charge >= 0.3 is 0 Å². The number of carbonyl (C=O) groups is 2. The smallest absolute Gasteiger partial charge is 0.297 e. The Morgan fingerprint density at radius 2 is 1.86 bits per heavy atom. The van der Waals surface area contributed by atoms with Crippen molar-refractivity contribution in [1.29, 1.82) is 0 Å². The summed E-state index contributed by atoms with van der Waals surface area (Å²) in [6.07, 6.45) is 1.53. The average Bonchev–Trinajstić information content (AvgIpc) is 3.07. The SMILES string of the molecule is CC(=O)c1ccc(NC(=O)CCn2cnc3c(oc4ccccc43)c2=O)cc1. The zero-order chi connectivity index (χ0) is 19.7. The third-order valence-corrected chi connectivity index (χ3v) is 4.51. The van der Waals surface area contributed by atoms with Crippen LogP contribution >= 0.6 is 0 Å². The highest BCUT2D eigenvalue weighted by Gasteiger charge is 2.13. The van der Waals surface area contributed by atoms with E-state index in [-0.39, 0.29) is 35.8 Å². The van der Waals surface area contributed by atoms with Gasteiger partial charge < -0.3 is 9.73 Å². The summed E-state index contributed by atoms with van der Waals surface area (Å²) in [5.41, 5.74) is 2.16. The van der Waals surface area contributed by atoms with Gasteiger partial charge in [-0.2, -0.15) is 0 Å². The zero-order valence-electron chi connectivity index (χ0n) is 15.1. The molecular formula is C21H17N3O4. The fraction of sp³-hybridized carbons (Fsp3) is 0.143. The van der Waals surface area contributed by atoms with Crippen molar-refractivity contribution < 1.29 is 14.0 Å². The fourth-order valence-corrected chi connectivity index (χ4v) is 3.01. The predicted molar refractivity (Wildman–Crippen MR) is 105 cm³/mol. The van der Waals surface area contributed by atoms with E-state index in [1.165, 1.54) is 17.8 Å². The number of rotatable bonds is 5. The third-order valence-electron chi connectivity index (χ3n) is 4.51. The lowest BCUT2D eigenvalue weighted by molar-refractivity contribution is -0.116. The molecule has 4 aromatic rings. The maximum absolute atomic E-state index is 12.6. The van der Waals surface area contributed by atoms with Crippen LogP contribution in [0, 0.1) is 0 Å². The van der Waals surface area contributed by atoms with Crippen LogP contribution in [0.15, 0.2) is 64.1 Å². The first-order chi connectivity index (χ1) is 13.5. The Hall–Kier alpha value is -3.74. The summed E-state index contributed by atoms with van der Waals surface area (Å²) < 4.78 is 7.00. The van der Waals surface area contributed by atoms with Gasteiger partial charge in [0.05, 0.1) is 6.33 Å². The minimum Gasteiger partial charge on any atom is -0.448 e. The Balaban J connectivity index is 1.48. The molecule has 0 saturated carbocycles. The van der Waals surface area contributed by atoms with Crippen molar-refractivity contribution in [2.75, 3.05) is 5.32 Å². The number of nitrogens with zero attached hydrogens (tertiary/aromatic N) is 2. The number of carbonyl (C=O) groups excluding carboxylic acids is 2. The van der Waals surface area contributed by atoms with Crippen molar-refractivity contribution >= 4 is 39.4 Å². The molecule has 0 spiro atoms. The summed E-state index contributed by atoms with van der Waals surface area (Å²) in [4.78, 5) is 40.4. The number of aryl methyl sites for hydroxylation is 1. The molecule has 2 heterocycles. The highest BCUT2D eigenvalue weighted by atomic mass is 16.3. The van der Waals surface area contributed by atoms with Gasteiger partial charge in [0.2, 0.25) is 11.5 Å². The number of nitrogens with one attached hydrogen (secondary N) is 1. The van der Waals surface area contributed by atoms with Gasteiger partial charge in [-0.05, 0) is 43.3 Å². The quantitative estimate of drug-likeness (QED) is 0.540. The molecule has 0 saturated heterocycles. The maximum Gasteiger partial charge on any atom is 0.297 e. The van der Waals surface area contributed by atoms with Gasteiger partial charge in [-0.15, -0.1) is 0 Å². The minimum atomic E-state index is -0.320. The van der Waals surface area contributed by atoms with Crippen molar-refractivity contribution in [2.45, 2.75) is 19.9 Å². The molecule has 0 aliphatic rings. The van der Waals surface area contributed by atoms with Crippen molar-refractivity contribution in [1.82, 2.24) is 9.55 Å². The van der Waals surface area contributed by atoms with Gasteiger partial charge in [0.1, 0.15) is 11.1 Å². The zero-order valence-corrected chi connectivity index (χ0v) is 15.1. The number of amides is 1. The summed E-state index contributed by atoms with van der Waals surface area (Å²) in [7, 11) is 0. The second kappa shape index (κ2) is 7.11. The van der Waals surface area contributed by atoms with Crippen LogP contribution in [0.3, 0.4) is 0 Å². The van der Waals surface area contributed by atoms with Crippen molar-refractivity contribution in [3.8, 4) is 0 Å². The number of aromatic nitrogens is 2. The normalized spacial score (nSPS) is 11.0. The van der Waals surface area contributed by atoms with Gasteiger partial charge in [0.25, 0.3) is 5.56 Å². The van der Waals surface area contributed by atoms with Gasteiger partial charge in [-0.25, -0.2) is 4.98 Å². The lowest BCUT2D eigenvalue weighted by Gasteiger charge is -2.07. The molecule has 2 aromatic heterocycles.